The first-order valence-electron chi connectivity index (χ1n) is 10.0. The van der Waals surface area contributed by atoms with Crippen LogP contribution in [0.1, 0.15) is 6.92 Å². The zero-order chi connectivity index (χ0) is 23.8. The first-order chi connectivity index (χ1) is 15.6. The molecule has 12 heteroatoms. The third-order valence-corrected chi connectivity index (χ3v) is 7.22. The van der Waals surface area contributed by atoms with Crippen molar-refractivity contribution in [3.8, 4) is 5.75 Å². The van der Waals surface area contributed by atoms with Gasteiger partial charge in [0, 0.05) is 5.69 Å². The van der Waals surface area contributed by atoms with Crippen LogP contribution in [0, 0.1) is 11.2 Å². The van der Waals surface area contributed by atoms with Gasteiger partial charge in [-0.25, -0.2) is 17.6 Å². The fourth-order valence-corrected chi connectivity index (χ4v) is 5.04. The van der Waals surface area contributed by atoms with E-state index in [-0.39, 0.29) is 41.0 Å². The second-order valence-electron chi connectivity index (χ2n) is 8.11. The van der Waals surface area contributed by atoms with Crippen molar-refractivity contribution in [3.63, 3.8) is 0 Å². The molecule has 1 unspecified atom stereocenters. The predicted molar refractivity (Wildman–Crippen MR) is 115 cm³/mol. The number of ether oxygens (including phenoxy) is 2. The van der Waals surface area contributed by atoms with Crippen molar-refractivity contribution in [2.24, 2.45) is 5.41 Å². The molecule has 3 N–H and O–H groups in total. The van der Waals surface area contributed by atoms with Crippen LogP contribution in [0.5, 0.6) is 5.75 Å². The highest BCUT2D eigenvalue weighted by Crippen LogP contribution is 2.39. The molecule has 10 nitrogen and oxygen atoms in total. The van der Waals surface area contributed by atoms with Gasteiger partial charge >= 0.3 is 6.09 Å². The molecule has 0 saturated carbocycles. The second kappa shape index (κ2) is 8.52. The van der Waals surface area contributed by atoms with Crippen LogP contribution in [-0.2, 0) is 19.6 Å². The Hall–Kier alpha value is -3.38. The number of carboxylic acid groups (broad SMARTS) is 1. The summed E-state index contributed by atoms with van der Waals surface area (Å²) in [6.45, 7) is 2.26. The maximum absolute atomic E-state index is 13.4. The summed E-state index contributed by atoms with van der Waals surface area (Å²) in [7, 11) is -4.15. The number of benzene rings is 2. The highest BCUT2D eigenvalue weighted by atomic mass is 32.2. The lowest BCUT2D eigenvalue weighted by Crippen LogP contribution is -2.55. The van der Waals surface area contributed by atoms with Crippen LogP contribution in [0.25, 0.3) is 0 Å². The summed E-state index contributed by atoms with van der Waals surface area (Å²) in [6.07, 6.45) is -2.03. The highest BCUT2D eigenvalue weighted by Gasteiger charge is 2.42. The van der Waals surface area contributed by atoms with Gasteiger partial charge in [0.25, 0.3) is 10.0 Å². The van der Waals surface area contributed by atoms with E-state index in [0.717, 1.165) is 28.6 Å². The number of hydrogen-bond donors (Lipinski definition) is 3. The van der Waals surface area contributed by atoms with Crippen molar-refractivity contribution in [2.45, 2.75) is 17.9 Å². The normalized spacial score (nSPS) is 19.0. The number of fused-ring (bicyclic) bond motifs is 1. The molecule has 1 atom stereocenters. The molecule has 2 aromatic rings. The van der Waals surface area contributed by atoms with Crippen molar-refractivity contribution in [1.29, 1.82) is 0 Å². The van der Waals surface area contributed by atoms with Crippen LogP contribution in [0.15, 0.2) is 47.4 Å². The minimum atomic E-state index is -4.15. The summed E-state index contributed by atoms with van der Waals surface area (Å²) < 4.78 is 52.2. The van der Waals surface area contributed by atoms with E-state index in [4.69, 9.17) is 14.6 Å². The van der Waals surface area contributed by atoms with Crippen molar-refractivity contribution in [2.75, 3.05) is 35.9 Å². The van der Waals surface area contributed by atoms with E-state index in [1.165, 1.54) is 18.2 Å². The number of nitrogens with one attached hydrogen (secondary N) is 2. The van der Waals surface area contributed by atoms with Gasteiger partial charge in [0.15, 0.2) is 0 Å². The van der Waals surface area contributed by atoms with Crippen LogP contribution < -0.4 is 19.7 Å². The Kier molecular flexibility index (Phi) is 5.89. The molecule has 2 aromatic carbocycles. The van der Waals surface area contributed by atoms with Gasteiger partial charge in [0.1, 0.15) is 17.7 Å². The zero-order valence-electron chi connectivity index (χ0n) is 17.6. The van der Waals surface area contributed by atoms with Gasteiger partial charge in [0.05, 0.1) is 42.3 Å². The SMILES string of the molecule is CC1(C(=O)NCC2CN(S(=O)(=O)c3ccc(F)cc3)c3cc(NC(=O)O)ccc3O2)COC1. The lowest BCUT2D eigenvalue weighted by atomic mass is 9.87. The van der Waals surface area contributed by atoms with Crippen molar-refractivity contribution in [3.05, 3.63) is 48.3 Å². The summed E-state index contributed by atoms with van der Waals surface area (Å²) in [6, 6.07) is 8.59. The fourth-order valence-electron chi connectivity index (χ4n) is 3.54. The van der Waals surface area contributed by atoms with Crippen molar-refractivity contribution < 1.29 is 37.0 Å². The standard InChI is InChI=1S/C21H22FN3O7S/c1-21(11-31-12-21)19(26)23-9-15-10-25(33(29,30)16-5-2-13(22)3-6-16)17-8-14(24-20(27)28)4-7-18(17)32-15/h2-8,15,24H,9-12H2,1H3,(H,23,26)(H,27,28). The molecule has 0 aliphatic carbocycles. The molecule has 0 radical (unpaired) electrons. The molecule has 33 heavy (non-hydrogen) atoms. The Labute approximate surface area is 189 Å². The van der Waals surface area contributed by atoms with Gasteiger partial charge in [-0.1, -0.05) is 0 Å². The average molecular weight is 479 g/mol. The maximum atomic E-state index is 13.4. The number of anilines is 2. The predicted octanol–water partition coefficient (Wildman–Crippen LogP) is 2.02. The van der Waals surface area contributed by atoms with Gasteiger partial charge in [-0.2, -0.15) is 0 Å². The Bertz CT molecular complexity index is 1180. The maximum Gasteiger partial charge on any atom is 0.409 e. The van der Waals surface area contributed by atoms with Gasteiger partial charge in [-0.05, 0) is 49.4 Å². The summed E-state index contributed by atoms with van der Waals surface area (Å²) in [5.74, 6) is -0.615. The summed E-state index contributed by atoms with van der Waals surface area (Å²) in [5, 5.41) is 14.0. The lowest BCUT2D eigenvalue weighted by molar-refractivity contribution is -0.157. The first kappa shape index (κ1) is 22.8. The zero-order valence-corrected chi connectivity index (χ0v) is 18.4. The van der Waals surface area contributed by atoms with Gasteiger partial charge in [-0.15, -0.1) is 0 Å². The summed E-state index contributed by atoms with van der Waals surface area (Å²) >= 11 is 0. The first-order valence-corrected chi connectivity index (χ1v) is 11.5. The average Bonchev–Trinajstić information content (AvgIpc) is 2.75. The Morgan fingerprint density at radius 1 is 1.21 bits per heavy atom. The van der Waals surface area contributed by atoms with Gasteiger partial charge in [0.2, 0.25) is 5.91 Å². The lowest BCUT2D eigenvalue weighted by Gasteiger charge is -2.38. The third kappa shape index (κ3) is 4.57. The Morgan fingerprint density at radius 2 is 1.91 bits per heavy atom. The molecule has 4 rings (SSSR count). The van der Waals surface area contributed by atoms with E-state index in [1.54, 1.807) is 6.92 Å². The number of hydrogen-bond acceptors (Lipinski definition) is 6. The van der Waals surface area contributed by atoms with Crippen LogP contribution in [0.2, 0.25) is 0 Å². The number of carbonyl (C=O) groups is 2. The highest BCUT2D eigenvalue weighted by molar-refractivity contribution is 7.92. The molecule has 1 fully saturated rings. The summed E-state index contributed by atoms with van der Waals surface area (Å²) in [4.78, 5) is 23.3. The number of halogens is 1. The number of sulfonamides is 1. The van der Waals surface area contributed by atoms with E-state index in [1.807, 2.05) is 0 Å². The van der Waals surface area contributed by atoms with E-state index >= 15 is 0 Å². The minimum absolute atomic E-state index is 0.0401. The molecule has 0 aromatic heterocycles. The molecule has 2 aliphatic rings. The smallest absolute Gasteiger partial charge is 0.409 e. The Balaban J connectivity index is 1.64. The van der Waals surface area contributed by atoms with E-state index in [0.29, 0.717) is 13.2 Å². The molecule has 176 valence electrons. The quantitative estimate of drug-likeness (QED) is 0.577. The van der Waals surface area contributed by atoms with Gasteiger partial charge < -0.3 is 19.9 Å². The number of amides is 2. The van der Waals surface area contributed by atoms with Crippen LogP contribution in [-0.4, -0.2) is 57.9 Å². The topological polar surface area (TPSA) is 134 Å². The van der Waals surface area contributed by atoms with Crippen molar-refractivity contribution >= 4 is 33.4 Å². The molecular formula is C21H22FN3O7S. The minimum Gasteiger partial charge on any atom is -0.484 e. The molecule has 1 saturated heterocycles. The molecular weight excluding hydrogens is 457 g/mol. The Morgan fingerprint density at radius 3 is 2.52 bits per heavy atom. The van der Waals surface area contributed by atoms with Crippen LogP contribution in [0.4, 0.5) is 20.6 Å². The van der Waals surface area contributed by atoms with Gasteiger partial charge in [-0.3, -0.25) is 14.4 Å². The molecule has 2 aliphatic heterocycles. The van der Waals surface area contributed by atoms with E-state index < -0.39 is 33.5 Å². The number of nitrogens with zero attached hydrogens (tertiary/aromatic N) is 1. The molecule has 2 heterocycles. The summed E-state index contributed by atoms with van der Waals surface area (Å²) in [5.41, 5.74) is -0.370. The monoisotopic (exact) mass is 479 g/mol. The third-order valence-electron chi connectivity index (χ3n) is 5.42. The van der Waals surface area contributed by atoms with Crippen LogP contribution in [0.3, 0.4) is 0 Å². The second-order valence-corrected chi connectivity index (χ2v) is 9.97. The van der Waals surface area contributed by atoms with E-state index in [2.05, 4.69) is 10.6 Å². The van der Waals surface area contributed by atoms with Crippen LogP contribution >= 0.6 is 0 Å². The fraction of sp³-hybridized carbons (Fsp3) is 0.333. The largest absolute Gasteiger partial charge is 0.484 e. The molecule has 0 spiro atoms. The molecule has 2 amide bonds. The number of rotatable bonds is 6. The van der Waals surface area contributed by atoms with E-state index in [9.17, 15) is 22.4 Å². The van der Waals surface area contributed by atoms with Crippen molar-refractivity contribution in [1.82, 2.24) is 5.32 Å². The number of carbonyl (C=O) groups excluding carboxylic acids is 1. The molecule has 0 bridgehead atoms.